The van der Waals surface area contributed by atoms with E-state index < -0.39 is 10.0 Å². The minimum absolute atomic E-state index is 0.356. The Morgan fingerprint density at radius 1 is 1.23 bits per heavy atom. The van der Waals surface area contributed by atoms with E-state index in [2.05, 4.69) is 47.5 Å². The zero-order valence-electron chi connectivity index (χ0n) is 17.6. The van der Waals surface area contributed by atoms with Gasteiger partial charge >= 0.3 is 0 Å². The standard InChI is InChI=1S/C22H27ClN4O2S/c1-5-22(18-13-21(18)26(2)3,15-9-11-16(23)12-10-15)27-20-8-6-7-19(17(20)14-24-27)25-30(4,28)29/h6-12,14,18,21,25H,5,13H2,1-4H3. The third-order valence-corrected chi connectivity index (χ3v) is 7.05. The number of hydrogen-bond acceptors (Lipinski definition) is 4. The third-order valence-electron chi connectivity index (χ3n) is 6.20. The summed E-state index contributed by atoms with van der Waals surface area (Å²) in [6.45, 7) is 2.19. The Labute approximate surface area is 182 Å². The van der Waals surface area contributed by atoms with Crippen molar-refractivity contribution < 1.29 is 8.42 Å². The number of anilines is 1. The van der Waals surface area contributed by atoms with Crippen molar-refractivity contribution >= 4 is 38.2 Å². The van der Waals surface area contributed by atoms with E-state index in [9.17, 15) is 8.42 Å². The molecule has 3 atom stereocenters. The number of benzene rings is 2. The van der Waals surface area contributed by atoms with Crippen molar-refractivity contribution in [3.05, 3.63) is 59.2 Å². The van der Waals surface area contributed by atoms with Gasteiger partial charge in [0, 0.05) is 22.4 Å². The van der Waals surface area contributed by atoms with Crippen LogP contribution in [0.25, 0.3) is 10.9 Å². The van der Waals surface area contributed by atoms with E-state index in [-0.39, 0.29) is 5.54 Å². The Morgan fingerprint density at radius 3 is 2.50 bits per heavy atom. The van der Waals surface area contributed by atoms with E-state index in [0.717, 1.165) is 35.6 Å². The topological polar surface area (TPSA) is 67.2 Å². The largest absolute Gasteiger partial charge is 0.306 e. The highest BCUT2D eigenvalue weighted by Gasteiger charge is 2.55. The van der Waals surface area contributed by atoms with Crippen LogP contribution in [0, 0.1) is 5.92 Å². The van der Waals surface area contributed by atoms with Crippen LogP contribution in [-0.4, -0.2) is 49.5 Å². The van der Waals surface area contributed by atoms with Gasteiger partial charge in [0.1, 0.15) is 0 Å². The van der Waals surface area contributed by atoms with Crippen LogP contribution in [0.2, 0.25) is 5.02 Å². The summed E-state index contributed by atoms with van der Waals surface area (Å²) < 4.78 is 28.4. The van der Waals surface area contributed by atoms with E-state index in [1.807, 2.05) is 24.3 Å². The fourth-order valence-electron chi connectivity index (χ4n) is 4.77. The molecule has 0 spiro atoms. The lowest BCUT2D eigenvalue weighted by Crippen LogP contribution is -2.40. The van der Waals surface area contributed by atoms with Gasteiger partial charge in [-0.15, -0.1) is 0 Å². The Kier molecular flexibility index (Phi) is 5.33. The van der Waals surface area contributed by atoms with Gasteiger partial charge in [0.2, 0.25) is 10.0 Å². The number of hydrogen-bond donors (Lipinski definition) is 1. The first-order valence-corrected chi connectivity index (χ1v) is 12.3. The van der Waals surface area contributed by atoms with Gasteiger partial charge in [-0.05, 0) is 56.8 Å². The molecule has 3 aromatic rings. The van der Waals surface area contributed by atoms with Crippen LogP contribution in [0.3, 0.4) is 0 Å². The first-order valence-electron chi connectivity index (χ1n) is 10.0. The molecule has 1 aliphatic carbocycles. The predicted molar refractivity (Wildman–Crippen MR) is 123 cm³/mol. The van der Waals surface area contributed by atoms with Gasteiger partial charge in [-0.2, -0.15) is 5.10 Å². The summed E-state index contributed by atoms with van der Waals surface area (Å²) in [5, 5.41) is 6.30. The molecule has 1 fully saturated rings. The SMILES string of the molecule is CCC(c1ccc(Cl)cc1)(C1CC1N(C)C)n1ncc2c(NS(C)(=O)=O)cccc21. The lowest BCUT2D eigenvalue weighted by atomic mass is 9.82. The van der Waals surface area contributed by atoms with Gasteiger partial charge in [0.05, 0.1) is 29.2 Å². The number of aromatic nitrogens is 2. The molecule has 0 aliphatic heterocycles. The summed E-state index contributed by atoms with van der Waals surface area (Å²) in [5.74, 6) is 0.383. The lowest BCUT2D eigenvalue weighted by Gasteiger charge is -2.36. The molecule has 4 rings (SSSR count). The Morgan fingerprint density at radius 2 is 1.93 bits per heavy atom. The number of sulfonamides is 1. The van der Waals surface area contributed by atoms with Gasteiger partial charge in [-0.25, -0.2) is 8.42 Å². The Balaban J connectivity index is 1.93. The van der Waals surface area contributed by atoms with Gasteiger partial charge in [-0.3, -0.25) is 9.40 Å². The van der Waals surface area contributed by atoms with Gasteiger partial charge in [0.15, 0.2) is 0 Å². The fourth-order valence-corrected chi connectivity index (χ4v) is 5.47. The van der Waals surface area contributed by atoms with Crippen molar-refractivity contribution in [1.82, 2.24) is 14.7 Å². The molecule has 8 heteroatoms. The molecule has 2 aromatic carbocycles. The second-order valence-corrected chi connectivity index (χ2v) is 10.5. The second kappa shape index (κ2) is 7.55. The molecule has 160 valence electrons. The minimum Gasteiger partial charge on any atom is -0.306 e. The molecule has 1 heterocycles. The molecule has 1 N–H and O–H groups in total. The maximum atomic E-state index is 11.8. The number of fused-ring (bicyclic) bond motifs is 1. The van der Waals surface area contributed by atoms with E-state index in [1.54, 1.807) is 12.3 Å². The van der Waals surface area contributed by atoms with Crippen LogP contribution >= 0.6 is 11.6 Å². The number of halogens is 1. The molecule has 0 saturated heterocycles. The Hall–Kier alpha value is -2.09. The summed E-state index contributed by atoms with van der Waals surface area (Å²) in [6.07, 6.45) is 4.85. The minimum atomic E-state index is -3.39. The molecule has 1 aliphatic rings. The van der Waals surface area contributed by atoms with Crippen molar-refractivity contribution in [2.75, 3.05) is 25.1 Å². The summed E-state index contributed by atoms with van der Waals surface area (Å²) in [6, 6.07) is 14.1. The highest BCUT2D eigenvalue weighted by Crippen LogP contribution is 2.53. The van der Waals surface area contributed by atoms with Crippen LogP contribution in [0.1, 0.15) is 25.3 Å². The fraction of sp³-hybridized carbons (Fsp3) is 0.409. The summed E-state index contributed by atoms with van der Waals surface area (Å²) in [5.41, 5.74) is 2.26. The molecule has 0 radical (unpaired) electrons. The van der Waals surface area contributed by atoms with Crippen LogP contribution in [0.5, 0.6) is 0 Å². The smallest absolute Gasteiger partial charge is 0.229 e. The number of nitrogens with one attached hydrogen (secondary N) is 1. The average Bonchev–Trinajstić information content (AvgIpc) is 3.37. The van der Waals surface area contributed by atoms with E-state index >= 15 is 0 Å². The highest BCUT2D eigenvalue weighted by molar-refractivity contribution is 7.92. The van der Waals surface area contributed by atoms with Crippen LogP contribution < -0.4 is 4.72 Å². The monoisotopic (exact) mass is 446 g/mol. The quantitative estimate of drug-likeness (QED) is 0.591. The van der Waals surface area contributed by atoms with Crippen molar-refractivity contribution in [2.24, 2.45) is 5.92 Å². The highest BCUT2D eigenvalue weighted by atomic mass is 35.5. The molecular formula is C22H27ClN4O2S. The molecule has 3 unspecified atom stereocenters. The maximum Gasteiger partial charge on any atom is 0.229 e. The summed E-state index contributed by atoms with van der Waals surface area (Å²) >= 11 is 6.19. The van der Waals surface area contributed by atoms with E-state index in [1.165, 1.54) is 0 Å². The molecule has 0 bridgehead atoms. The van der Waals surface area contributed by atoms with E-state index in [0.29, 0.717) is 22.7 Å². The maximum absolute atomic E-state index is 11.8. The lowest BCUT2D eigenvalue weighted by molar-refractivity contribution is 0.237. The summed E-state index contributed by atoms with van der Waals surface area (Å²) in [7, 11) is 0.837. The number of rotatable bonds is 7. The van der Waals surface area contributed by atoms with Gasteiger partial charge < -0.3 is 4.90 Å². The molecule has 0 amide bonds. The van der Waals surface area contributed by atoms with Crippen LogP contribution in [0.15, 0.2) is 48.7 Å². The van der Waals surface area contributed by atoms with Crippen molar-refractivity contribution in [1.29, 1.82) is 0 Å². The molecule has 6 nitrogen and oxygen atoms in total. The first kappa shape index (κ1) is 21.2. The average molecular weight is 447 g/mol. The van der Waals surface area contributed by atoms with Gasteiger partial charge in [0.25, 0.3) is 0 Å². The predicted octanol–water partition coefficient (Wildman–Crippen LogP) is 4.16. The van der Waals surface area contributed by atoms with Crippen molar-refractivity contribution in [2.45, 2.75) is 31.3 Å². The Bertz CT molecular complexity index is 1170. The number of nitrogens with zero attached hydrogens (tertiary/aromatic N) is 3. The van der Waals surface area contributed by atoms with E-state index in [4.69, 9.17) is 16.7 Å². The molecule has 1 saturated carbocycles. The van der Waals surface area contributed by atoms with Crippen molar-refractivity contribution in [3.8, 4) is 0 Å². The third kappa shape index (κ3) is 3.59. The molecule has 30 heavy (non-hydrogen) atoms. The van der Waals surface area contributed by atoms with Gasteiger partial charge in [-0.1, -0.05) is 36.7 Å². The first-order chi connectivity index (χ1) is 14.2. The second-order valence-electron chi connectivity index (χ2n) is 8.33. The van der Waals surface area contributed by atoms with Crippen molar-refractivity contribution in [3.63, 3.8) is 0 Å². The van der Waals surface area contributed by atoms with Crippen LogP contribution in [-0.2, 0) is 15.6 Å². The molecular weight excluding hydrogens is 420 g/mol. The zero-order chi connectivity index (χ0) is 21.7. The molecule has 1 aromatic heterocycles. The summed E-state index contributed by atoms with van der Waals surface area (Å²) in [4.78, 5) is 2.27. The van der Waals surface area contributed by atoms with Crippen LogP contribution in [0.4, 0.5) is 5.69 Å². The zero-order valence-corrected chi connectivity index (χ0v) is 19.2. The normalized spacial score (nSPS) is 21.0.